The predicted molar refractivity (Wildman–Crippen MR) is 158 cm³/mol. The highest BCUT2D eigenvalue weighted by atomic mass is 35.5. The maximum Gasteiger partial charge on any atom is 0.338 e. The third-order valence-electron chi connectivity index (χ3n) is 7.90. The molecule has 1 fully saturated rings. The van der Waals surface area contributed by atoms with E-state index in [1.807, 2.05) is 18.5 Å². The first-order chi connectivity index (χ1) is 20.7. The number of thiazole rings is 1. The molecule has 1 atom stereocenters. The average molecular weight is 632 g/mol. The minimum atomic E-state index is -1.20. The minimum absolute atomic E-state index is 0.0673. The first-order valence-electron chi connectivity index (χ1n) is 14.1. The van der Waals surface area contributed by atoms with Crippen LogP contribution in [0, 0.1) is 24.5 Å². The number of aliphatic imine (C=N–C) groups is 1. The molecule has 2 aromatic heterocycles. The second-order valence-corrected chi connectivity index (χ2v) is 11.7. The van der Waals surface area contributed by atoms with E-state index in [4.69, 9.17) is 26.1 Å². The third-order valence-corrected chi connectivity index (χ3v) is 9.06. The van der Waals surface area contributed by atoms with Crippen molar-refractivity contribution in [2.45, 2.75) is 64.5 Å². The van der Waals surface area contributed by atoms with Gasteiger partial charge in [-0.2, -0.15) is 5.10 Å². The number of amidine groups is 1. The molecule has 0 bridgehead atoms. The smallest absolute Gasteiger partial charge is 0.338 e. The summed E-state index contributed by atoms with van der Waals surface area (Å²) in [6.07, 6.45) is 7.03. The van der Waals surface area contributed by atoms with E-state index in [0.29, 0.717) is 23.1 Å². The Morgan fingerprint density at radius 3 is 2.58 bits per heavy atom. The van der Waals surface area contributed by atoms with Gasteiger partial charge in [-0.3, -0.25) is 14.5 Å². The summed E-state index contributed by atoms with van der Waals surface area (Å²) in [4.78, 5) is 34.2. The van der Waals surface area contributed by atoms with Gasteiger partial charge < -0.3 is 14.8 Å². The molecule has 9 nitrogen and oxygen atoms in total. The number of allylic oxidation sites excluding steroid dienone is 1. The van der Waals surface area contributed by atoms with Crippen molar-refractivity contribution in [2.75, 3.05) is 13.7 Å². The van der Waals surface area contributed by atoms with Gasteiger partial charge in [0.15, 0.2) is 22.5 Å². The Kier molecular flexibility index (Phi) is 9.55. The van der Waals surface area contributed by atoms with E-state index in [1.165, 1.54) is 24.5 Å². The second-order valence-electron chi connectivity index (χ2n) is 10.5. The number of ether oxygens (including phenoxy) is 2. The van der Waals surface area contributed by atoms with Gasteiger partial charge in [-0.25, -0.2) is 18.6 Å². The van der Waals surface area contributed by atoms with Crippen LogP contribution in [0.3, 0.4) is 0 Å². The Labute approximate surface area is 257 Å². The van der Waals surface area contributed by atoms with Gasteiger partial charge in [0.1, 0.15) is 6.04 Å². The first-order valence-corrected chi connectivity index (χ1v) is 15.4. The van der Waals surface area contributed by atoms with Crippen molar-refractivity contribution in [3.8, 4) is 0 Å². The Morgan fingerprint density at radius 2 is 1.91 bits per heavy atom. The number of methoxy groups -OCH3 is 1. The average Bonchev–Trinajstić information content (AvgIpc) is 3.68. The summed E-state index contributed by atoms with van der Waals surface area (Å²) in [6.45, 7) is 4.24. The van der Waals surface area contributed by atoms with Crippen LogP contribution in [0.4, 0.5) is 8.78 Å². The highest BCUT2D eigenvalue weighted by Crippen LogP contribution is 2.44. The number of hydrogen-bond donors (Lipinski definition) is 1. The summed E-state index contributed by atoms with van der Waals surface area (Å²) in [5.74, 6) is -2.56. The van der Waals surface area contributed by atoms with Crippen LogP contribution >= 0.6 is 22.9 Å². The van der Waals surface area contributed by atoms with Crippen molar-refractivity contribution in [1.82, 2.24) is 20.1 Å². The zero-order chi connectivity index (χ0) is 30.7. The van der Waals surface area contributed by atoms with Crippen LogP contribution in [0.2, 0.25) is 5.02 Å². The summed E-state index contributed by atoms with van der Waals surface area (Å²) >= 11 is 7.68. The number of nitrogens with zero attached hydrogens (tertiary/aromatic N) is 4. The SMILES string of the molecule is CCOC(=O)C1=C([C@H]2CC[C@H](c3cn(CCC(=O)OC)nc3C)CC2)NC(c2nccs2)=NC1c1ccc(F)c(F)c1Cl. The van der Waals surface area contributed by atoms with Crippen LogP contribution in [0.25, 0.3) is 0 Å². The molecule has 0 radical (unpaired) electrons. The maximum absolute atomic E-state index is 14.6. The van der Waals surface area contributed by atoms with E-state index >= 15 is 0 Å². The Hall–Kier alpha value is -3.64. The fourth-order valence-electron chi connectivity index (χ4n) is 5.80. The molecule has 43 heavy (non-hydrogen) atoms. The topological polar surface area (TPSA) is 108 Å². The van der Waals surface area contributed by atoms with Gasteiger partial charge in [-0.05, 0) is 63.0 Å². The van der Waals surface area contributed by atoms with Gasteiger partial charge >= 0.3 is 11.9 Å². The van der Waals surface area contributed by atoms with Gasteiger partial charge in [-0.1, -0.05) is 17.7 Å². The fourth-order valence-corrected chi connectivity index (χ4v) is 6.64. The minimum Gasteiger partial charge on any atom is -0.469 e. The highest BCUT2D eigenvalue weighted by molar-refractivity contribution is 7.11. The number of aryl methyl sites for hydroxylation is 2. The van der Waals surface area contributed by atoms with E-state index in [0.717, 1.165) is 43.0 Å². The third kappa shape index (κ3) is 6.50. The number of nitrogens with one attached hydrogen (secondary N) is 1. The van der Waals surface area contributed by atoms with Gasteiger partial charge in [0.2, 0.25) is 0 Å². The number of benzene rings is 1. The lowest BCUT2D eigenvalue weighted by Crippen LogP contribution is -2.38. The summed E-state index contributed by atoms with van der Waals surface area (Å²) in [7, 11) is 1.37. The molecular formula is C30H32ClF2N5O4S. The summed E-state index contributed by atoms with van der Waals surface area (Å²) in [6, 6.07) is 1.32. The molecule has 0 spiro atoms. The molecule has 3 heterocycles. The van der Waals surface area contributed by atoms with E-state index in [2.05, 4.69) is 15.4 Å². The van der Waals surface area contributed by atoms with Crippen molar-refractivity contribution in [3.63, 3.8) is 0 Å². The van der Waals surface area contributed by atoms with E-state index in [1.54, 1.807) is 17.8 Å². The first kappa shape index (κ1) is 30.8. The van der Waals surface area contributed by atoms with Crippen LogP contribution in [0.5, 0.6) is 0 Å². The predicted octanol–water partition coefficient (Wildman–Crippen LogP) is 6.03. The number of carbonyl (C=O) groups excluding carboxylic acids is 2. The Balaban J connectivity index is 1.47. The van der Waals surface area contributed by atoms with Gasteiger partial charge in [0, 0.05) is 29.0 Å². The number of aromatic nitrogens is 3. The van der Waals surface area contributed by atoms with Crippen LogP contribution in [0.1, 0.15) is 72.8 Å². The summed E-state index contributed by atoms with van der Waals surface area (Å²) in [5.41, 5.74) is 3.08. The van der Waals surface area contributed by atoms with Gasteiger partial charge in [-0.15, -0.1) is 11.3 Å². The molecular weight excluding hydrogens is 600 g/mol. The normalized spacial score (nSPS) is 20.4. The van der Waals surface area contributed by atoms with Gasteiger partial charge in [0.05, 0.1) is 43.0 Å². The van der Waals surface area contributed by atoms with Crippen molar-refractivity contribution < 1.29 is 27.8 Å². The molecule has 5 rings (SSSR count). The molecule has 2 aliphatic rings. The van der Waals surface area contributed by atoms with Gasteiger partial charge in [0.25, 0.3) is 0 Å². The van der Waals surface area contributed by atoms with Crippen LogP contribution in [-0.4, -0.2) is 46.3 Å². The van der Waals surface area contributed by atoms with Crippen molar-refractivity contribution >= 4 is 40.7 Å². The Morgan fingerprint density at radius 1 is 1.16 bits per heavy atom. The lowest BCUT2D eigenvalue weighted by atomic mass is 9.76. The molecule has 228 valence electrons. The molecule has 1 unspecified atom stereocenters. The van der Waals surface area contributed by atoms with E-state index < -0.39 is 28.7 Å². The fraction of sp³-hybridized carbons (Fsp3) is 0.433. The Bertz CT molecular complexity index is 1560. The number of carbonyl (C=O) groups is 2. The number of esters is 2. The highest BCUT2D eigenvalue weighted by Gasteiger charge is 2.39. The number of halogens is 3. The second kappa shape index (κ2) is 13.3. The van der Waals surface area contributed by atoms with Crippen LogP contribution in [-0.2, 0) is 25.6 Å². The number of hydrogen-bond acceptors (Lipinski definition) is 9. The summed E-state index contributed by atoms with van der Waals surface area (Å²) in [5, 5.41) is 9.93. The lowest BCUT2D eigenvalue weighted by Gasteiger charge is -2.35. The van der Waals surface area contributed by atoms with Crippen LogP contribution < -0.4 is 5.32 Å². The summed E-state index contributed by atoms with van der Waals surface area (Å²) < 4.78 is 40.7. The molecule has 1 aromatic carbocycles. The molecule has 3 aromatic rings. The standard InChI is InChI=1S/C30H32ClF2N5O4S/c1-4-42-30(40)23-26(18-7-5-17(6-8-18)20-15-38(37-16(20)2)13-11-22(39)41-3)35-28(29-34-12-14-43-29)36-27(23)19-9-10-21(32)25(33)24(19)31/h9-10,12,14-15,17-18,27H,4-8,11,13H2,1-3H3,(H,35,36)/t17-,18-,27?. The quantitative estimate of drug-likeness (QED) is 0.227. The zero-order valence-corrected chi connectivity index (χ0v) is 25.6. The molecule has 13 heteroatoms. The molecule has 0 amide bonds. The van der Waals surface area contributed by atoms with E-state index in [9.17, 15) is 18.4 Å². The number of rotatable bonds is 9. The van der Waals surface area contributed by atoms with E-state index in [-0.39, 0.29) is 42.0 Å². The van der Waals surface area contributed by atoms with Crippen molar-refractivity contribution in [1.29, 1.82) is 0 Å². The van der Waals surface area contributed by atoms with Crippen molar-refractivity contribution in [2.24, 2.45) is 10.9 Å². The molecule has 1 N–H and O–H groups in total. The zero-order valence-electron chi connectivity index (χ0n) is 24.0. The molecule has 0 saturated heterocycles. The largest absolute Gasteiger partial charge is 0.469 e. The van der Waals surface area contributed by atoms with Crippen molar-refractivity contribution in [3.05, 3.63) is 79.7 Å². The molecule has 1 aliphatic heterocycles. The molecule has 1 aliphatic carbocycles. The molecule has 1 saturated carbocycles. The monoisotopic (exact) mass is 631 g/mol. The maximum atomic E-state index is 14.6. The van der Waals surface area contributed by atoms with Crippen LogP contribution in [0.15, 0.2) is 46.2 Å². The lowest BCUT2D eigenvalue weighted by molar-refractivity contribution is -0.141.